The lowest BCUT2D eigenvalue weighted by Gasteiger charge is -2.41. The monoisotopic (exact) mass is 296 g/mol. The number of aromatic nitrogens is 1. The number of carboxylic acid groups (broad SMARTS) is 1. The summed E-state index contributed by atoms with van der Waals surface area (Å²) in [5.74, 6) is -1.35. The number of carboxylic acids is 1. The minimum atomic E-state index is -1.18. The Hall–Kier alpha value is -1.62. The molecule has 0 aromatic carbocycles. The molecule has 108 valence electrons. The fourth-order valence-electron chi connectivity index (χ4n) is 2.50. The van der Waals surface area contributed by atoms with Crippen LogP contribution in [-0.2, 0) is 4.79 Å². The minimum Gasteiger partial charge on any atom is -0.480 e. The first-order valence-electron chi connectivity index (χ1n) is 6.54. The summed E-state index contributed by atoms with van der Waals surface area (Å²) in [6.07, 6.45) is 3.46. The van der Waals surface area contributed by atoms with E-state index in [1.165, 1.54) is 11.1 Å². The molecule has 1 aromatic heterocycles. The van der Waals surface area contributed by atoms with Gasteiger partial charge in [-0.15, -0.1) is 0 Å². The maximum atomic E-state index is 12.6. The molecule has 1 aliphatic rings. The maximum Gasteiger partial charge on any atom is 0.329 e. The lowest BCUT2D eigenvalue weighted by molar-refractivity contribution is -0.150. The lowest BCUT2D eigenvalue weighted by Crippen LogP contribution is -2.57. The van der Waals surface area contributed by atoms with Crippen LogP contribution in [0.4, 0.5) is 0 Å². The molecule has 6 heteroatoms. The van der Waals surface area contributed by atoms with Gasteiger partial charge in [0.15, 0.2) is 0 Å². The van der Waals surface area contributed by atoms with E-state index in [2.05, 4.69) is 4.98 Å². The number of aliphatic carboxylic acids is 1. The van der Waals surface area contributed by atoms with Crippen LogP contribution in [0.2, 0.25) is 5.02 Å². The van der Waals surface area contributed by atoms with Gasteiger partial charge in [0.05, 0.1) is 10.6 Å². The zero-order chi connectivity index (χ0) is 14.9. The second-order valence-corrected chi connectivity index (χ2v) is 5.71. The van der Waals surface area contributed by atoms with Crippen LogP contribution < -0.4 is 0 Å². The van der Waals surface area contributed by atoms with Gasteiger partial charge in [-0.05, 0) is 39.2 Å². The molecule has 0 radical (unpaired) electrons. The molecule has 5 nitrogen and oxygen atoms in total. The number of rotatable bonds is 2. The predicted molar refractivity (Wildman–Crippen MR) is 74.9 cm³/mol. The van der Waals surface area contributed by atoms with E-state index in [0.717, 1.165) is 12.8 Å². The molecule has 1 saturated heterocycles. The molecule has 0 bridgehead atoms. The summed E-state index contributed by atoms with van der Waals surface area (Å²) >= 11 is 6.08. The Balaban J connectivity index is 2.37. The molecule has 1 aromatic rings. The summed E-state index contributed by atoms with van der Waals surface area (Å²) in [6, 6.07) is 1.61. The molecular formula is C14H17ClN2O3. The Morgan fingerprint density at radius 3 is 2.75 bits per heavy atom. The van der Waals surface area contributed by atoms with Crippen molar-refractivity contribution in [2.24, 2.45) is 0 Å². The number of carbonyl (C=O) groups excluding carboxylic acids is 1. The van der Waals surface area contributed by atoms with Gasteiger partial charge in [-0.25, -0.2) is 4.79 Å². The van der Waals surface area contributed by atoms with Gasteiger partial charge in [-0.3, -0.25) is 9.78 Å². The summed E-state index contributed by atoms with van der Waals surface area (Å²) in [7, 11) is 0. The Morgan fingerprint density at radius 2 is 2.15 bits per heavy atom. The van der Waals surface area contributed by atoms with Crippen molar-refractivity contribution in [3.05, 3.63) is 28.5 Å². The van der Waals surface area contributed by atoms with E-state index in [1.807, 2.05) is 0 Å². The highest BCUT2D eigenvalue weighted by Crippen LogP contribution is 2.31. The standard InChI is InChI=1S/C14H17ClN2O3/c1-9-7-11(15)10(8-16-9)12(18)17-6-4-3-5-14(17,2)13(19)20/h7-8H,3-6H2,1-2H3,(H,19,20). The van der Waals surface area contributed by atoms with Gasteiger partial charge in [0.1, 0.15) is 5.54 Å². The van der Waals surface area contributed by atoms with Crippen LogP contribution in [0.15, 0.2) is 12.3 Å². The smallest absolute Gasteiger partial charge is 0.329 e. The number of amides is 1. The minimum absolute atomic E-state index is 0.256. The van der Waals surface area contributed by atoms with Gasteiger partial charge >= 0.3 is 5.97 Å². The van der Waals surface area contributed by atoms with Gasteiger partial charge in [-0.1, -0.05) is 11.6 Å². The molecule has 1 unspecified atom stereocenters. The summed E-state index contributed by atoms with van der Waals surface area (Å²) in [4.78, 5) is 29.6. The number of piperidine rings is 1. The van der Waals surface area contributed by atoms with Gasteiger partial charge in [0.2, 0.25) is 0 Å². The van der Waals surface area contributed by atoms with Crippen molar-refractivity contribution in [3.63, 3.8) is 0 Å². The quantitative estimate of drug-likeness (QED) is 0.910. The number of likely N-dealkylation sites (tertiary alicyclic amines) is 1. The van der Waals surface area contributed by atoms with E-state index in [4.69, 9.17) is 11.6 Å². The first kappa shape index (κ1) is 14.8. The Labute approximate surface area is 122 Å². The van der Waals surface area contributed by atoms with Crippen LogP contribution in [-0.4, -0.2) is 39.0 Å². The molecule has 1 fully saturated rings. The van der Waals surface area contributed by atoms with Crippen LogP contribution in [0.5, 0.6) is 0 Å². The maximum absolute atomic E-state index is 12.6. The summed E-state index contributed by atoms with van der Waals surface area (Å²) in [5.41, 5.74) is -0.207. The molecule has 1 amide bonds. The van der Waals surface area contributed by atoms with Crippen LogP contribution in [0.1, 0.15) is 42.2 Å². The van der Waals surface area contributed by atoms with Crippen molar-refractivity contribution in [2.75, 3.05) is 6.54 Å². The van der Waals surface area contributed by atoms with Crippen LogP contribution >= 0.6 is 11.6 Å². The molecule has 0 saturated carbocycles. The molecule has 2 heterocycles. The number of nitrogens with zero attached hydrogens (tertiary/aromatic N) is 2. The number of aryl methyl sites for hydroxylation is 1. The van der Waals surface area contributed by atoms with Crippen molar-refractivity contribution in [1.82, 2.24) is 9.88 Å². The Kier molecular flexibility index (Phi) is 3.99. The van der Waals surface area contributed by atoms with Gasteiger partial charge < -0.3 is 10.0 Å². The van der Waals surface area contributed by atoms with E-state index in [9.17, 15) is 14.7 Å². The van der Waals surface area contributed by atoms with Crippen molar-refractivity contribution in [3.8, 4) is 0 Å². The van der Waals surface area contributed by atoms with Crippen molar-refractivity contribution < 1.29 is 14.7 Å². The summed E-state index contributed by atoms with van der Waals surface area (Å²) in [6.45, 7) is 3.79. The Morgan fingerprint density at radius 1 is 1.45 bits per heavy atom. The lowest BCUT2D eigenvalue weighted by atomic mass is 9.88. The molecule has 1 atom stereocenters. The third-order valence-electron chi connectivity index (χ3n) is 3.82. The van der Waals surface area contributed by atoms with Crippen LogP contribution in [0.25, 0.3) is 0 Å². The molecule has 0 aliphatic carbocycles. The highest BCUT2D eigenvalue weighted by Gasteiger charge is 2.44. The van der Waals surface area contributed by atoms with E-state index in [0.29, 0.717) is 23.7 Å². The number of carbonyl (C=O) groups is 2. The molecule has 2 rings (SSSR count). The van der Waals surface area contributed by atoms with Gasteiger partial charge in [-0.2, -0.15) is 0 Å². The molecule has 20 heavy (non-hydrogen) atoms. The van der Waals surface area contributed by atoms with Crippen LogP contribution in [0.3, 0.4) is 0 Å². The van der Waals surface area contributed by atoms with E-state index < -0.39 is 11.5 Å². The van der Waals surface area contributed by atoms with E-state index >= 15 is 0 Å². The highest BCUT2D eigenvalue weighted by atomic mass is 35.5. The van der Waals surface area contributed by atoms with E-state index in [-0.39, 0.29) is 11.5 Å². The van der Waals surface area contributed by atoms with E-state index in [1.54, 1.807) is 19.9 Å². The SMILES string of the molecule is Cc1cc(Cl)c(C(=O)N2CCCCC2(C)C(=O)O)cn1. The van der Waals surface area contributed by atoms with Crippen molar-refractivity contribution in [2.45, 2.75) is 38.6 Å². The molecule has 1 aliphatic heterocycles. The predicted octanol–water partition coefficient (Wildman–Crippen LogP) is 2.51. The van der Waals surface area contributed by atoms with Gasteiger partial charge in [0, 0.05) is 18.4 Å². The van der Waals surface area contributed by atoms with Gasteiger partial charge in [0.25, 0.3) is 5.91 Å². The van der Waals surface area contributed by atoms with Crippen LogP contribution in [0, 0.1) is 6.92 Å². The number of hydrogen-bond acceptors (Lipinski definition) is 3. The second kappa shape index (κ2) is 5.40. The normalized spacial score (nSPS) is 22.6. The number of halogens is 1. The molecular weight excluding hydrogens is 280 g/mol. The average molecular weight is 297 g/mol. The largest absolute Gasteiger partial charge is 0.480 e. The first-order valence-corrected chi connectivity index (χ1v) is 6.91. The third kappa shape index (κ3) is 2.50. The summed E-state index contributed by atoms with van der Waals surface area (Å²) < 4.78 is 0. The first-order chi connectivity index (χ1) is 9.36. The topological polar surface area (TPSA) is 70.5 Å². The summed E-state index contributed by atoms with van der Waals surface area (Å²) in [5, 5.41) is 9.74. The fourth-order valence-corrected chi connectivity index (χ4v) is 2.79. The molecule has 1 N–H and O–H groups in total. The Bertz CT molecular complexity index is 561. The zero-order valence-corrected chi connectivity index (χ0v) is 12.3. The highest BCUT2D eigenvalue weighted by molar-refractivity contribution is 6.33. The fraction of sp³-hybridized carbons (Fsp3) is 0.500. The third-order valence-corrected chi connectivity index (χ3v) is 4.13. The van der Waals surface area contributed by atoms with Crippen molar-refractivity contribution >= 4 is 23.5 Å². The zero-order valence-electron chi connectivity index (χ0n) is 11.5. The number of pyridine rings is 1. The second-order valence-electron chi connectivity index (χ2n) is 5.30. The van der Waals surface area contributed by atoms with Crippen molar-refractivity contribution in [1.29, 1.82) is 0 Å². The molecule has 0 spiro atoms. The average Bonchev–Trinajstić information content (AvgIpc) is 2.38. The number of hydrogen-bond donors (Lipinski definition) is 1.